The molecule has 0 aliphatic carbocycles. The first-order chi connectivity index (χ1) is 6.27. The Bertz CT molecular complexity index is 332. The van der Waals surface area contributed by atoms with E-state index in [4.69, 9.17) is 10.5 Å². The molecule has 1 aromatic rings. The molecule has 0 fully saturated rings. The van der Waals surface area contributed by atoms with E-state index in [0.29, 0.717) is 11.4 Å². The molecule has 68 valence electrons. The van der Waals surface area contributed by atoms with Crippen molar-refractivity contribution in [2.45, 2.75) is 0 Å². The highest BCUT2D eigenvalue weighted by molar-refractivity contribution is 5.75. The molecule has 0 amide bonds. The summed E-state index contributed by atoms with van der Waals surface area (Å²) in [7, 11) is 1.56. The second-order valence-electron chi connectivity index (χ2n) is 2.50. The van der Waals surface area contributed by atoms with Crippen LogP contribution in [-0.4, -0.2) is 13.4 Å². The molecule has 0 atom stereocenters. The Morgan fingerprint density at radius 2 is 2.23 bits per heavy atom. The molecule has 1 aromatic carbocycles. The molecule has 0 spiro atoms. The minimum atomic E-state index is 0.565. The summed E-state index contributed by atoms with van der Waals surface area (Å²) in [5.41, 5.74) is 7.10. The quantitative estimate of drug-likeness (QED) is 0.432. The predicted octanol–water partition coefficient (Wildman–Crippen LogP) is 1.49. The van der Waals surface area contributed by atoms with Crippen LogP contribution in [0.4, 0.5) is 5.69 Å². The van der Waals surface area contributed by atoms with Gasteiger partial charge < -0.3 is 10.5 Å². The lowest BCUT2D eigenvalue weighted by molar-refractivity contribution is -0.104. The molecule has 0 aliphatic heterocycles. The molecule has 3 nitrogen and oxygen atoms in total. The summed E-state index contributed by atoms with van der Waals surface area (Å²) >= 11 is 0. The van der Waals surface area contributed by atoms with Crippen molar-refractivity contribution in [2.75, 3.05) is 12.8 Å². The van der Waals surface area contributed by atoms with Crippen molar-refractivity contribution in [3.8, 4) is 5.75 Å². The maximum absolute atomic E-state index is 10.0. The Labute approximate surface area is 76.8 Å². The van der Waals surface area contributed by atoms with Gasteiger partial charge in [0.2, 0.25) is 0 Å². The summed E-state index contributed by atoms with van der Waals surface area (Å²) in [5.74, 6) is 0.642. The largest absolute Gasteiger partial charge is 0.495 e. The number of carbonyl (C=O) groups is 1. The summed E-state index contributed by atoms with van der Waals surface area (Å²) in [6, 6.07) is 5.34. The van der Waals surface area contributed by atoms with Gasteiger partial charge in [-0.15, -0.1) is 0 Å². The van der Waals surface area contributed by atoms with Crippen LogP contribution in [0.15, 0.2) is 24.3 Å². The Hall–Kier alpha value is -1.77. The topological polar surface area (TPSA) is 52.3 Å². The van der Waals surface area contributed by atoms with E-state index in [9.17, 15) is 4.79 Å². The molecule has 3 heteroatoms. The monoisotopic (exact) mass is 177 g/mol. The molecule has 0 aliphatic rings. The van der Waals surface area contributed by atoms with Crippen LogP contribution in [0.3, 0.4) is 0 Å². The second kappa shape index (κ2) is 4.30. The normalized spacial score (nSPS) is 10.2. The van der Waals surface area contributed by atoms with E-state index >= 15 is 0 Å². The fraction of sp³-hybridized carbons (Fsp3) is 0.100. The van der Waals surface area contributed by atoms with Gasteiger partial charge in [-0.2, -0.15) is 0 Å². The van der Waals surface area contributed by atoms with E-state index < -0.39 is 0 Å². The summed E-state index contributed by atoms with van der Waals surface area (Å²) in [6.45, 7) is 0. The van der Waals surface area contributed by atoms with Gasteiger partial charge in [0, 0.05) is 0 Å². The smallest absolute Gasteiger partial charge is 0.142 e. The highest BCUT2D eigenvalue weighted by Gasteiger charge is 1.97. The summed E-state index contributed by atoms with van der Waals surface area (Å²) < 4.78 is 4.99. The maximum Gasteiger partial charge on any atom is 0.142 e. The third-order valence-electron chi connectivity index (χ3n) is 1.62. The van der Waals surface area contributed by atoms with Crippen LogP contribution >= 0.6 is 0 Å². The molecule has 0 aromatic heterocycles. The maximum atomic E-state index is 10.0. The number of hydrogen-bond donors (Lipinski definition) is 1. The van der Waals surface area contributed by atoms with Crippen LogP contribution in [0.5, 0.6) is 5.75 Å². The Kier molecular flexibility index (Phi) is 3.09. The van der Waals surface area contributed by atoms with E-state index in [2.05, 4.69) is 0 Å². The molecule has 1 rings (SSSR count). The lowest BCUT2D eigenvalue weighted by atomic mass is 10.2. The van der Waals surface area contributed by atoms with Gasteiger partial charge in [0.15, 0.2) is 0 Å². The van der Waals surface area contributed by atoms with E-state index in [-0.39, 0.29) is 0 Å². The molecule has 13 heavy (non-hydrogen) atoms. The van der Waals surface area contributed by atoms with E-state index in [1.54, 1.807) is 25.3 Å². The molecular weight excluding hydrogens is 166 g/mol. The van der Waals surface area contributed by atoms with Gasteiger partial charge in [0.05, 0.1) is 12.8 Å². The van der Waals surface area contributed by atoms with E-state index in [1.807, 2.05) is 6.07 Å². The number of aldehydes is 1. The van der Waals surface area contributed by atoms with Crippen LogP contribution in [0.25, 0.3) is 6.08 Å². The van der Waals surface area contributed by atoms with Crippen LogP contribution in [-0.2, 0) is 4.79 Å². The lowest BCUT2D eigenvalue weighted by Crippen LogP contribution is -1.92. The molecule has 2 N–H and O–H groups in total. The van der Waals surface area contributed by atoms with Gasteiger partial charge in [-0.25, -0.2) is 0 Å². The number of nitrogens with two attached hydrogens (primary N) is 1. The van der Waals surface area contributed by atoms with Crippen molar-refractivity contribution < 1.29 is 9.53 Å². The number of rotatable bonds is 3. The van der Waals surface area contributed by atoms with Crippen LogP contribution < -0.4 is 10.5 Å². The van der Waals surface area contributed by atoms with Crippen molar-refractivity contribution in [2.24, 2.45) is 0 Å². The zero-order chi connectivity index (χ0) is 9.68. The average molecular weight is 177 g/mol. The molecule has 0 radical (unpaired) electrons. The summed E-state index contributed by atoms with van der Waals surface area (Å²) in [5, 5.41) is 0. The first kappa shape index (κ1) is 9.32. The van der Waals surface area contributed by atoms with E-state index in [1.165, 1.54) is 6.08 Å². The third kappa shape index (κ3) is 2.33. The van der Waals surface area contributed by atoms with Crippen molar-refractivity contribution in [1.29, 1.82) is 0 Å². The molecule has 0 bridgehead atoms. The van der Waals surface area contributed by atoms with Gasteiger partial charge in [-0.05, 0) is 23.8 Å². The lowest BCUT2D eigenvalue weighted by Gasteiger charge is -2.03. The number of benzene rings is 1. The number of carbonyl (C=O) groups excluding carboxylic acids is 1. The van der Waals surface area contributed by atoms with Crippen LogP contribution in [0.2, 0.25) is 0 Å². The zero-order valence-corrected chi connectivity index (χ0v) is 7.36. The second-order valence-corrected chi connectivity index (χ2v) is 2.50. The fourth-order valence-electron chi connectivity index (χ4n) is 1.01. The number of hydrogen-bond acceptors (Lipinski definition) is 3. The predicted molar refractivity (Wildman–Crippen MR) is 52.5 cm³/mol. The van der Waals surface area contributed by atoms with Crippen molar-refractivity contribution in [3.63, 3.8) is 0 Å². The summed E-state index contributed by atoms with van der Waals surface area (Å²) in [4.78, 5) is 10.0. The zero-order valence-electron chi connectivity index (χ0n) is 7.36. The van der Waals surface area contributed by atoms with E-state index in [0.717, 1.165) is 11.8 Å². The number of anilines is 1. The van der Waals surface area contributed by atoms with Gasteiger partial charge in [0.1, 0.15) is 12.0 Å². The average Bonchev–Trinajstić information content (AvgIpc) is 2.15. The molecule has 0 saturated carbocycles. The first-order valence-corrected chi connectivity index (χ1v) is 3.83. The summed E-state index contributed by atoms with van der Waals surface area (Å²) in [6.07, 6.45) is 3.82. The number of allylic oxidation sites excluding steroid dienone is 1. The number of methoxy groups -OCH3 is 1. The molecular formula is C10H11NO2. The third-order valence-corrected chi connectivity index (χ3v) is 1.62. The molecule has 0 unspecified atom stereocenters. The standard InChI is InChI=1S/C10H11NO2/c1-13-10-5-4-8(3-2-6-12)7-9(10)11/h2-7H,11H2,1H3. The van der Waals surface area contributed by atoms with Gasteiger partial charge in [-0.1, -0.05) is 12.1 Å². The fourth-order valence-corrected chi connectivity index (χ4v) is 1.01. The van der Waals surface area contributed by atoms with Gasteiger partial charge >= 0.3 is 0 Å². The molecule has 0 saturated heterocycles. The first-order valence-electron chi connectivity index (χ1n) is 3.83. The van der Waals surface area contributed by atoms with Crippen molar-refractivity contribution in [1.82, 2.24) is 0 Å². The number of nitrogen functional groups attached to an aromatic ring is 1. The highest BCUT2D eigenvalue weighted by atomic mass is 16.5. The minimum absolute atomic E-state index is 0.565. The van der Waals surface area contributed by atoms with Crippen LogP contribution in [0.1, 0.15) is 5.56 Å². The Balaban J connectivity index is 2.95. The van der Waals surface area contributed by atoms with Crippen molar-refractivity contribution >= 4 is 18.0 Å². The Morgan fingerprint density at radius 3 is 2.77 bits per heavy atom. The number of ether oxygens (including phenoxy) is 1. The minimum Gasteiger partial charge on any atom is -0.495 e. The van der Waals surface area contributed by atoms with Crippen molar-refractivity contribution in [3.05, 3.63) is 29.8 Å². The molecule has 0 heterocycles. The highest BCUT2D eigenvalue weighted by Crippen LogP contribution is 2.22. The Morgan fingerprint density at radius 1 is 1.46 bits per heavy atom. The SMILES string of the molecule is COc1ccc(C=CC=O)cc1N. The van der Waals surface area contributed by atoms with Crippen LogP contribution in [0, 0.1) is 0 Å². The van der Waals surface area contributed by atoms with Gasteiger partial charge in [-0.3, -0.25) is 4.79 Å². The van der Waals surface area contributed by atoms with Gasteiger partial charge in [0.25, 0.3) is 0 Å².